The molecule has 0 atom stereocenters. The van der Waals surface area contributed by atoms with Crippen LogP contribution < -0.4 is 16.2 Å². The lowest BCUT2D eigenvalue weighted by atomic mass is 9.90. The maximum Gasteiger partial charge on any atom is 0.291 e. The molecule has 1 aromatic rings. The number of piperidine rings is 1. The van der Waals surface area contributed by atoms with Crippen molar-refractivity contribution in [3.05, 3.63) is 22.2 Å². The number of hydrogen-bond acceptors (Lipinski definition) is 4. The van der Waals surface area contributed by atoms with E-state index >= 15 is 0 Å². The summed E-state index contributed by atoms with van der Waals surface area (Å²) in [6, 6.07) is 0. The number of alkyl halides is 1. The number of H-pyrrole nitrogens is 1. The Morgan fingerprint density at radius 2 is 2.05 bits per heavy atom. The molecule has 2 rings (SSSR count). The average Bonchev–Trinajstić information content (AvgIpc) is 2.39. The summed E-state index contributed by atoms with van der Waals surface area (Å²) in [5, 5.41) is 0. The molecular formula is C14H23FN4O. The molecule has 5 nitrogen and oxygen atoms in total. The molecule has 2 heterocycles. The van der Waals surface area contributed by atoms with Crippen LogP contribution in [0.4, 0.5) is 10.2 Å². The van der Waals surface area contributed by atoms with Gasteiger partial charge in [-0.1, -0.05) is 20.8 Å². The molecule has 1 aromatic heterocycles. The van der Waals surface area contributed by atoms with Crippen molar-refractivity contribution in [3.63, 3.8) is 0 Å². The van der Waals surface area contributed by atoms with Gasteiger partial charge >= 0.3 is 0 Å². The SMILES string of the molecule is CC(C)(C)c1cnc(N2CCC(N)(CF)CC2)c(=O)[nH]1. The van der Waals surface area contributed by atoms with Gasteiger partial charge in [-0.2, -0.15) is 0 Å². The third-order valence-corrected chi connectivity index (χ3v) is 3.90. The number of nitrogens with two attached hydrogens (primary N) is 1. The highest BCUT2D eigenvalue weighted by molar-refractivity contribution is 5.37. The summed E-state index contributed by atoms with van der Waals surface area (Å²) >= 11 is 0. The first kappa shape index (κ1) is 15.0. The molecule has 6 heteroatoms. The van der Waals surface area contributed by atoms with Crippen LogP contribution in [0.3, 0.4) is 0 Å². The van der Waals surface area contributed by atoms with E-state index in [1.54, 1.807) is 6.20 Å². The second-order valence-corrected chi connectivity index (χ2v) is 6.68. The van der Waals surface area contributed by atoms with Crippen molar-refractivity contribution < 1.29 is 4.39 Å². The van der Waals surface area contributed by atoms with Gasteiger partial charge in [0.1, 0.15) is 6.67 Å². The summed E-state index contributed by atoms with van der Waals surface area (Å²) in [4.78, 5) is 21.2. The molecule has 1 aliphatic heterocycles. The van der Waals surface area contributed by atoms with Crippen LogP contribution in [0.25, 0.3) is 0 Å². The highest BCUT2D eigenvalue weighted by Crippen LogP contribution is 2.23. The zero-order chi connectivity index (χ0) is 15.0. The number of halogens is 1. The largest absolute Gasteiger partial charge is 0.352 e. The van der Waals surface area contributed by atoms with Gasteiger partial charge in [0, 0.05) is 35.9 Å². The standard InChI is InChI=1S/C14H23FN4O/c1-13(2,3)10-8-17-11(12(20)18-10)19-6-4-14(16,9-15)5-7-19/h8H,4-7,9,16H2,1-3H3,(H,18,20). The number of nitrogens with zero attached hydrogens (tertiary/aromatic N) is 2. The van der Waals surface area contributed by atoms with E-state index in [1.807, 2.05) is 25.7 Å². The summed E-state index contributed by atoms with van der Waals surface area (Å²) in [7, 11) is 0. The summed E-state index contributed by atoms with van der Waals surface area (Å²) in [5.41, 5.74) is 5.64. The number of anilines is 1. The molecule has 0 aromatic carbocycles. The lowest BCUT2D eigenvalue weighted by Gasteiger charge is -2.37. The van der Waals surface area contributed by atoms with Crippen molar-refractivity contribution in [1.82, 2.24) is 9.97 Å². The van der Waals surface area contributed by atoms with Gasteiger partial charge in [0.2, 0.25) is 0 Å². The third kappa shape index (κ3) is 3.00. The minimum atomic E-state index is -0.741. The smallest absolute Gasteiger partial charge is 0.291 e. The van der Waals surface area contributed by atoms with Gasteiger partial charge in [-0.05, 0) is 12.8 Å². The Labute approximate surface area is 118 Å². The highest BCUT2D eigenvalue weighted by atomic mass is 19.1. The number of aromatic amines is 1. The minimum absolute atomic E-state index is 0.146. The van der Waals surface area contributed by atoms with Crippen molar-refractivity contribution in [1.29, 1.82) is 0 Å². The second-order valence-electron chi connectivity index (χ2n) is 6.68. The zero-order valence-electron chi connectivity index (χ0n) is 12.4. The molecule has 3 N–H and O–H groups in total. The Morgan fingerprint density at radius 3 is 2.50 bits per heavy atom. The predicted octanol–water partition coefficient (Wildman–Crippen LogP) is 1.33. The van der Waals surface area contributed by atoms with E-state index in [0.29, 0.717) is 31.7 Å². The summed E-state index contributed by atoms with van der Waals surface area (Å²) in [6.45, 7) is 6.66. The molecule has 112 valence electrons. The molecule has 0 amide bonds. The quantitative estimate of drug-likeness (QED) is 0.858. The maximum absolute atomic E-state index is 12.8. The summed E-state index contributed by atoms with van der Waals surface area (Å²) < 4.78 is 12.8. The minimum Gasteiger partial charge on any atom is -0.352 e. The average molecular weight is 282 g/mol. The lowest BCUT2D eigenvalue weighted by Crippen LogP contribution is -2.53. The molecule has 0 saturated carbocycles. The van der Waals surface area contributed by atoms with E-state index in [4.69, 9.17) is 5.73 Å². The lowest BCUT2D eigenvalue weighted by molar-refractivity contribution is 0.254. The molecule has 1 saturated heterocycles. The van der Waals surface area contributed by atoms with Gasteiger partial charge in [0.25, 0.3) is 5.56 Å². The predicted molar refractivity (Wildman–Crippen MR) is 77.9 cm³/mol. The van der Waals surface area contributed by atoms with E-state index in [2.05, 4.69) is 9.97 Å². The normalized spacial score (nSPS) is 19.1. The van der Waals surface area contributed by atoms with Crippen LogP contribution in [0.5, 0.6) is 0 Å². The second kappa shape index (κ2) is 5.16. The Kier molecular flexibility index (Phi) is 3.86. The highest BCUT2D eigenvalue weighted by Gasteiger charge is 2.32. The van der Waals surface area contributed by atoms with Crippen molar-refractivity contribution in [3.8, 4) is 0 Å². The van der Waals surface area contributed by atoms with E-state index in [-0.39, 0.29) is 11.0 Å². The van der Waals surface area contributed by atoms with Gasteiger partial charge in [-0.15, -0.1) is 0 Å². The Morgan fingerprint density at radius 1 is 1.45 bits per heavy atom. The number of nitrogens with one attached hydrogen (secondary N) is 1. The molecule has 0 aliphatic carbocycles. The van der Waals surface area contributed by atoms with Crippen molar-refractivity contribution in [2.45, 2.75) is 44.6 Å². The molecule has 0 unspecified atom stereocenters. The van der Waals surface area contributed by atoms with Gasteiger partial charge in [-0.3, -0.25) is 4.79 Å². The Balaban J connectivity index is 2.18. The third-order valence-electron chi connectivity index (χ3n) is 3.90. The number of rotatable bonds is 2. The fraction of sp³-hybridized carbons (Fsp3) is 0.714. The van der Waals surface area contributed by atoms with Crippen LogP contribution in [0.1, 0.15) is 39.3 Å². The monoisotopic (exact) mass is 282 g/mol. The van der Waals surface area contributed by atoms with Crippen LogP contribution in [0, 0.1) is 0 Å². The van der Waals surface area contributed by atoms with Crippen LogP contribution >= 0.6 is 0 Å². The molecular weight excluding hydrogens is 259 g/mol. The van der Waals surface area contributed by atoms with Crippen molar-refractivity contribution >= 4 is 5.82 Å². The van der Waals surface area contributed by atoms with Crippen LogP contribution in [0.15, 0.2) is 11.0 Å². The first-order valence-corrected chi connectivity index (χ1v) is 6.95. The van der Waals surface area contributed by atoms with Crippen LogP contribution in [-0.4, -0.2) is 35.3 Å². The molecule has 0 spiro atoms. The molecule has 0 radical (unpaired) electrons. The Bertz CT molecular complexity index is 527. The van der Waals surface area contributed by atoms with E-state index in [0.717, 1.165) is 5.69 Å². The molecule has 20 heavy (non-hydrogen) atoms. The van der Waals surface area contributed by atoms with Gasteiger partial charge < -0.3 is 15.6 Å². The van der Waals surface area contributed by atoms with E-state index in [9.17, 15) is 9.18 Å². The number of aromatic nitrogens is 2. The Hall–Kier alpha value is -1.43. The van der Waals surface area contributed by atoms with Crippen LogP contribution in [0.2, 0.25) is 0 Å². The summed E-state index contributed by atoms with van der Waals surface area (Å²) in [5.74, 6) is 0.402. The fourth-order valence-corrected chi connectivity index (χ4v) is 2.30. The van der Waals surface area contributed by atoms with Gasteiger partial charge in [-0.25, -0.2) is 9.37 Å². The topological polar surface area (TPSA) is 75.0 Å². The fourth-order valence-electron chi connectivity index (χ4n) is 2.30. The first-order valence-electron chi connectivity index (χ1n) is 6.95. The van der Waals surface area contributed by atoms with Gasteiger partial charge in [0.05, 0.1) is 0 Å². The molecule has 1 aliphatic rings. The summed E-state index contributed by atoms with van der Waals surface area (Å²) in [6.07, 6.45) is 2.77. The van der Waals surface area contributed by atoms with Gasteiger partial charge in [0.15, 0.2) is 5.82 Å². The number of hydrogen-bond donors (Lipinski definition) is 2. The van der Waals surface area contributed by atoms with E-state index in [1.165, 1.54) is 0 Å². The molecule has 0 bridgehead atoms. The van der Waals surface area contributed by atoms with Crippen molar-refractivity contribution in [2.75, 3.05) is 24.7 Å². The zero-order valence-corrected chi connectivity index (χ0v) is 12.4. The van der Waals surface area contributed by atoms with Crippen LogP contribution in [-0.2, 0) is 5.41 Å². The van der Waals surface area contributed by atoms with Crippen molar-refractivity contribution in [2.24, 2.45) is 5.73 Å². The molecule has 1 fully saturated rings. The first-order chi connectivity index (χ1) is 9.25. The maximum atomic E-state index is 12.8. The van der Waals surface area contributed by atoms with E-state index < -0.39 is 12.2 Å².